The topological polar surface area (TPSA) is 98.7 Å². The lowest BCUT2D eigenvalue weighted by molar-refractivity contribution is -0.122. The van der Waals surface area contributed by atoms with Crippen molar-refractivity contribution in [1.82, 2.24) is 30.2 Å². The molecule has 0 radical (unpaired) electrons. The van der Waals surface area contributed by atoms with Gasteiger partial charge in [0.1, 0.15) is 0 Å². The summed E-state index contributed by atoms with van der Waals surface area (Å²) in [6.45, 7) is 5.90. The molecule has 0 saturated carbocycles. The maximum absolute atomic E-state index is 12.5. The summed E-state index contributed by atoms with van der Waals surface area (Å²) in [7, 11) is 1.87. The summed E-state index contributed by atoms with van der Waals surface area (Å²) in [6, 6.07) is 3.64. The number of aryl methyl sites for hydroxylation is 2. The molecule has 0 saturated heterocycles. The van der Waals surface area contributed by atoms with Crippen molar-refractivity contribution < 1.29 is 9.32 Å². The highest BCUT2D eigenvalue weighted by Crippen LogP contribution is 2.23. The van der Waals surface area contributed by atoms with Gasteiger partial charge in [0.05, 0.1) is 18.2 Å². The van der Waals surface area contributed by atoms with E-state index < -0.39 is 0 Å². The Balaban J connectivity index is 1.65. The van der Waals surface area contributed by atoms with Gasteiger partial charge in [-0.25, -0.2) is 0 Å². The highest BCUT2D eigenvalue weighted by molar-refractivity contribution is 5.83. The summed E-state index contributed by atoms with van der Waals surface area (Å²) in [5.74, 6) is 0.373. The molecule has 25 heavy (non-hydrogen) atoms. The minimum atomic E-state index is -0.311. The second-order valence-electron chi connectivity index (χ2n) is 5.90. The van der Waals surface area contributed by atoms with Gasteiger partial charge in [0, 0.05) is 36.3 Å². The van der Waals surface area contributed by atoms with Crippen molar-refractivity contribution in [3.8, 4) is 11.4 Å². The standard InChI is InChI=1S/C17H20N6O2/c1-10(15-11(2)21-23(4)12(15)3)17(24)19-9-14-20-16(22-25-14)13-6-5-7-18-8-13/h5-8,10H,9H2,1-4H3,(H,19,24). The van der Waals surface area contributed by atoms with Gasteiger partial charge in [-0.3, -0.25) is 14.5 Å². The molecule has 130 valence electrons. The largest absolute Gasteiger partial charge is 0.346 e. The van der Waals surface area contributed by atoms with Crippen LogP contribution in [0.2, 0.25) is 0 Å². The predicted molar refractivity (Wildman–Crippen MR) is 90.5 cm³/mol. The fourth-order valence-electron chi connectivity index (χ4n) is 2.80. The zero-order chi connectivity index (χ0) is 18.0. The molecule has 8 heteroatoms. The van der Waals surface area contributed by atoms with Crippen LogP contribution < -0.4 is 5.32 Å². The number of pyridine rings is 1. The number of carbonyl (C=O) groups excluding carboxylic acids is 1. The maximum Gasteiger partial charge on any atom is 0.246 e. The van der Waals surface area contributed by atoms with E-state index in [9.17, 15) is 4.79 Å². The van der Waals surface area contributed by atoms with Crippen molar-refractivity contribution in [3.05, 3.63) is 47.4 Å². The van der Waals surface area contributed by atoms with Crippen LogP contribution in [0.1, 0.15) is 35.7 Å². The van der Waals surface area contributed by atoms with Gasteiger partial charge < -0.3 is 9.84 Å². The Labute approximate surface area is 145 Å². The molecular formula is C17H20N6O2. The highest BCUT2D eigenvalue weighted by atomic mass is 16.5. The molecule has 8 nitrogen and oxygen atoms in total. The van der Waals surface area contributed by atoms with Crippen LogP contribution in [-0.4, -0.2) is 30.8 Å². The summed E-state index contributed by atoms with van der Waals surface area (Å²) in [5, 5.41) is 11.1. The van der Waals surface area contributed by atoms with Crippen molar-refractivity contribution in [1.29, 1.82) is 0 Å². The van der Waals surface area contributed by atoms with Crippen LogP contribution in [0.3, 0.4) is 0 Å². The zero-order valence-electron chi connectivity index (χ0n) is 14.6. The first-order chi connectivity index (χ1) is 12.0. The van der Waals surface area contributed by atoms with E-state index in [0.717, 1.165) is 22.5 Å². The minimum Gasteiger partial charge on any atom is -0.346 e. The quantitative estimate of drug-likeness (QED) is 0.761. The zero-order valence-corrected chi connectivity index (χ0v) is 14.6. The molecule has 0 aliphatic carbocycles. The van der Waals surface area contributed by atoms with E-state index >= 15 is 0 Å². The molecule has 3 aromatic rings. The van der Waals surface area contributed by atoms with Gasteiger partial charge >= 0.3 is 0 Å². The molecule has 1 N–H and O–H groups in total. The Kier molecular flexibility index (Phi) is 4.60. The van der Waals surface area contributed by atoms with Gasteiger partial charge in [0.25, 0.3) is 0 Å². The Bertz CT molecular complexity index is 884. The Hall–Kier alpha value is -3.03. The average Bonchev–Trinajstić information content (AvgIpc) is 3.18. The van der Waals surface area contributed by atoms with Gasteiger partial charge in [0.15, 0.2) is 0 Å². The van der Waals surface area contributed by atoms with Gasteiger partial charge in [-0.15, -0.1) is 0 Å². The minimum absolute atomic E-state index is 0.111. The third-order valence-electron chi connectivity index (χ3n) is 4.19. The fraction of sp³-hybridized carbons (Fsp3) is 0.353. The molecule has 1 atom stereocenters. The Morgan fingerprint density at radius 3 is 2.84 bits per heavy atom. The summed E-state index contributed by atoms with van der Waals surface area (Å²) >= 11 is 0. The molecule has 3 heterocycles. The Morgan fingerprint density at radius 1 is 1.40 bits per heavy atom. The monoisotopic (exact) mass is 340 g/mol. The summed E-state index contributed by atoms with van der Waals surface area (Å²) < 4.78 is 6.97. The van der Waals surface area contributed by atoms with Crippen molar-refractivity contribution in [2.24, 2.45) is 7.05 Å². The second-order valence-corrected chi connectivity index (χ2v) is 5.90. The molecule has 0 fully saturated rings. The SMILES string of the molecule is Cc1nn(C)c(C)c1C(C)C(=O)NCc1nc(-c2cccnc2)no1. The van der Waals surface area contributed by atoms with Crippen molar-refractivity contribution >= 4 is 5.91 Å². The molecule has 0 aliphatic rings. The molecule has 0 aliphatic heterocycles. The van der Waals surface area contributed by atoms with E-state index in [4.69, 9.17) is 4.52 Å². The van der Waals surface area contributed by atoms with E-state index in [-0.39, 0.29) is 18.4 Å². The number of amides is 1. The summed E-state index contributed by atoms with van der Waals surface area (Å²) in [4.78, 5) is 20.8. The van der Waals surface area contributed by atoms with Gasteiger partial charge in [-0.2, -0.15) is 10.1 Å². The van der Waals surface area contributed by atoms with E-state index in [1.807, 2.05) is 33.9 Å². The van der Waals surface area contributed by atoms with Crippen LogP contribution in [-0.2, 0) is 18.4 Å². The summed E-state index contributed by atoms with van der Waals surface area (Å²) in [5.41, 5.74) is 3.55. The number of rotatable bonds is 5. The van der Waals surface area contributed by atoms with Gasteiger partial charge in [0.2, 0.25) is 17.6 Å². The van der Waals surface area contributed by atoms with E-state index in [1.165, 1.54) is 0 Å². The number of nitrogens with one attached hydrogen (secondary N) is 1. The van der Waals surface area contributed by atoms with Crippen molar-refractivity contribution in [2.75, 3.05) is 0 Å². The first-order valence-electron chi connectivity index (χ1n) is 7.98. The van der Waals surface area contributed by atoms with Gasteiger partial charge in [-0.05, 0) is 32.9 Å². The number of hydrogen-bond donors (Lipinski definition) is 1. The molecule has 3 rings (SSSR count). The molecule has 0 bridgehead atoms. The molecule has 3 aromatic heterocycles. The third kappa shape index (κ3) is 3.42. The molecule has 0 aromatic carbocycles. The number of nitrogens with zero attached hydrogens (tertiary/aromatic N) is 5. The normalized spacial score (nSPS) is 12.2. The van der Waals surface area contributed by atoms with Gasteiger partial charge in [-0.1, -0.05) is 5.16 Å². The third-order valence-corrected chi connectivity index (χ3v) is 4.19. The van der Waals surface area contributed by atoms with E-state index in [1.54, 1.807) is 23.1 Å². The lowest BCUT2D eigenvalue weighted by Gasteiger charge is -2.12. The van der Waals surface area contributed by atoms with Crippen LogP contribution in [0.15, 0.2) is 29.0 Å². The first kappa shape index (κ1) is 16.8. The van der Waals surface area contributed by atoms with Crippen LogP contribution in [0.4, 0.5) is 0 Å². The fourth-order valence-corrected chi connectivity index (χ4v) is 2.80. The number of carbonyl (C=O) groups is 1. The van der Waals surface area contributed by atoms with Crippen LogP contribution in [0, 0.1) is 13.8 Å². The second kappa shape index (κ2) is 6.84. The number of hydrogen-bond acceptors (Lipinski definition) is 6. The summed E-state index contributed by atoms with van der Waals surface area (Å²) in [6.07, 6.45) is 3.33. The smallest absolute Gasteiger partial charge is 0.246 e. The number of aromatic nitrogens is 5. The van der Waals surface area contributed by atoms with Crippen LogP contribution in [0.25, 0.3) is 11.4 Å². The molecular weight excluding hydrogens is 320 g/mol. The van der Waals surface area contributed by atoms with Crippen LogP contribution in [0.5, 0.6) is 0 Å². The van der Waals surface area contributed by atoms with E-state index in [0.29, 0.717) is 11.7 Å². The predicted octanol–water partition coefficient (Wildman–Crippen LogP) is 1.90. The van der Waals surface area contributed by atoms with Crippen molar-refractivity contribution in [3.63, 3.8) is 0 Å². The lowest BCUT2D eigenvalue weighted by Crippen LogP contribution is -2.28. The highest BCUT2D eigenvalue weighted by Gasteiger charge is 2.23. The molecule has 1 unspecified atom stereocenters. The lowest BCUT2D eigenvalue weighted by atomic mass is 9.98. The van der Waals surface area contributed by atoms with Crippen LogP contribution >= 0.6 is 0 Å². The Morgan fingerprint density at radius 2 is 2.20 bits per heavy atom. The van der Waals surface area contributed by atoms with Crippen molar-refractivity contribution in [2.45, 2.75) is 33.2 Å². The first-order valence-corrected chi connectivity index (χ1v) is 7.98. The maximum atomic E-state index is 12.5. The molecule has 0 spiro atoms. The molecule has 1 amide bonds. The van der Waals surface area contributed by atoms with E-state index in [2.05, 4.69) is 25.5 Å². The average molecular weight is 340 g/mol.